The number of hydrogen-bond donors (Lipinski definition) is 1. The fraction of sp³-hybridized carbons (Fsp3) is 0.370. The molecule has 0 spiro atoms. The van der Waals surface area contributed by atoms with Gasteiger partial charge in [0.15, 0.2) is 0 Å². The highest BCUT2D eigenvalue weighted by Gasteiger charge is 2.41. The Hall–Kier alpha value is -4.21. The van der Waals surface area contributed by atoms with E-state index in [0.717, 1.165) is 15.4 Å². The second-order valence-electron chi connectivity index (χ2n) is 9.56. The molecule has 0 saturated heterocycles. The van der Waals surface area contributed by atoms with Crippen molar-refractivity contribution in [1.82, 2.24) is 15.1 Å². The number of carbonyl (C=O) groups is 5. The molecule has 0 saturated carbocycles. The zero-order valence-electron chi connectivity index (χ0n) is 21.4. The summed E-state index contributed by atoms with van der Waals surface area (Å²) in [4.78, 5) is 65.7. The predicted molar refractivity (Wildman–Crippen MR) is 133 cm³/mol. The van der Waals surface area contributed by atoms with E-state index in [0.29, 0.717) is 0 Å². The fourth-order valence-corrected chi connectivity index (χ4v) is 3.70. The summed E-state index contributed by atoms with van der Waals surface area (Å²) in [7, 11) is 1.39. The first-order chi connectivity index (χ1) is 17.5. The third-order valence-electron chi connectivity index (χ3n) is 5.59. The first kappa shape index (κ1) is 27.4. The molecule has 4 amide bonds. The number of carbonyl (C=O) groups excluding carboxylic acids is 5. The zero-order valence-corrected chi connectivity index (χ0v) is 21.4. The van der Waals surface area contributed by atoms with Gasteiger partial charge in [0.05, 0.1) is 17.7 Å². The van der Waals surface area contributed by atoms with Crippen molar-refractivity contribution >= 4 is 29.8 Å². The van der Waals surface area contributed by atoms with Crippen molar-refractivity contribution in [3.8, 4) is 0 Å². The maximum atomic E-state index is 13.0. The summed E-state index contributed by atoms with van der Waals surface area (Å²) >= 11 is 0. The number of fused-ring (bicyclic) bond motifs is 1. The van der Waals surface area contributed by atoms with E-state index in [-0.39, 0.29) is 37.2 Å². The molecule has 1 aliphatic rings. The van der Waals surface area contributed by atoms with Crippen LogP contribution in [-0.2, 0) is 25.7 Å². The van der Waals surface area contributed by atoms with Gasteiger partial charge in [-0.1, -0.05) is 42.5 Å². The van der Waals surface area contributed by atoms with E-state index >= 15 is 0 Å². The van der Waals surface area contributed by atoms with Gasteiger partial charge in [0.25, 0.3) is 11.8 Å². The van der Waals surface area contributed by atoms with Crippen molar-refractivity contribution < 1.29 is 33.4 Å². The maximum absolute atomic E-state index is 13.0. The first-order valence-corrected chi connectivity index (χ1v) is 11.9. The minimum Gasteiger partial charge on any atom is -0.458 e. The maximum Gasteiger partial charge on any atom is 0.407 e. The summed E-state index contributed by atoms with van der Waals surface area (Å²) in [5.74, 6) is -2.33. The largest absolute Gasteiger partial charge is 0.458 e. The van der Waals surface area contributed by atoms with Gasteiger partial charge < -0.3 is 19.7 Å². The Morgan fingerprint density at radius 1 is 0.946 bits per heavy atom. The van der Waals surface area contributed by atoms with Gasteiger partial charge in [-0.2, -0.15) is 0 Å². The quantitative estimate of drug-likeness (QED) is 0.407. The number of nitrogens with one attached hydrogen (secondary N) is 1. The molecule has 0 aromatic heterocycles. The Morgan fingerprint density at radius 3 is 2.08 bits per heavy atom. The minimum absolute atomic E-state index is 0.0369. The SMILES string of the molecule is CN(C(=O)CCNC(=O)OCc1ccccc1)C(CN1C(=O)c2ccccc2C1=O)C(=O)OC(C)(C)C. The van der Waals surface area contributed by atoms with Crippen LogP contribution >= 0.6 is 0 Å². The van der Waals surface area contributed by atoms with E-state index in [2.05, 4.69) is 5.32 Å². The van der Waals surface area contributed by atoms with E-state index < -0.39 is 41.4 Å². The zero-order chi connectivity index (χ0) is 27.2. The molecule has 2 aromatic rings. The number of rotatable bonds is 9. The van der Waals surface area contributed by atoms with Crippen molar-refractivity contribution in [2.24, 2.45) is 0 Å². The van der Waals surface area contributed by atoms with E-state index in [9.17, 15) is 24.0 Å². The Morgan fingerprint density at radius 2 is 1.51 bits per heavy atom. The molecule has 3 rings (SSSR count). The molecule has 10 heteroatoms. The number of nitrogens with zero attached hydrogens (tertiary/aromatic N) is 2. The number of imide groups is 1. The van der Waals surface area contributed by atoms with Gasteiger partial charge in [-0.3, -0.25) is 19.3 Å². The molecule has 1 aliphatic heterocycles. The van der Waals surface area contributed by atoms with Gasteiger partial charge >= 0.3 is 12.1 Å². The predicted octanol–water partition coefficient (Wildman–Crippen LogP) is 2.77. The lowest BCUT2D eigenvalue weighted by Gasteiger charge is -2.32. The Kier molecular flexibility index (Phi) is 8.65. The molecular weight excluding hydrogens is 478 g/mol. The summed E-state index contributed by atoms with van der Waals surface area (Å²) in [6, 6.07) is 14.3. The summed E-state index contributed by atoms with van der Waals surface area (Å²) in [6.45, 7) is 4.72. The number of esters is 1. The molecule has 1 atom stereocenters. The van der Waals surface area contributed by atoms with Gasteiger partial charge in [0.1, 0.15) is 18.2 Å². The Labute approximate surface area is 215 Å². The highest BCUT2D eigenvalue weighted by atomic mass is 16.6. The highest BCUT2D eigenvalue weighted by molar-refractivity contribution is 6.21. The number of hydrogen-bond acceptors (Lipinski definition) is 7. The van der Waals surface area contributed by atoms with Gasteiger partial charge in [-0.25, -0.2) is 9.59 Å². The smallest absolute Gasteiger partial charge is 0.407 e. The average molecular weight is 510 g/mol. The molecule has 0 radical (unpaired) electrons. The molecule has 1 heterocycles. The third-order valence-corrected chi connectivity index (χ3v) is 5.59. The van der Waals surface area contributed by atoms with Crippen LogP contribution in [0.25, 0.3) is 0 Å². The van der Waals surface area contributed by atoms with Gasteiger partial charge in [0.2, 0.25) is 5.91 Å². The average Bonchev–Trinajstić information content (AvgIpc) is 3.09. The van der Waals surface area contributed by atoms with Crippen LogP contribution in [0.4, 0.5) is 4.79 Å². The molecule has 37 heavy (non-hydrogen) atoms. The van der Waals surface area contributed by atoms with Crippen LogP contribution in [0.5, 0.6) is 0 Å². The topological polar surface area (TPSA) is 122 Å². The Balaban J connectivity index is 1.62. The van der Waals surface area contributed by atoms with Crippen LogP contribution in [-0.4, -0.2) is 71.4 Å². The van der Waals surface area contributed by atoms with Crippen molar-refractivity contribution in [1.29, 1.82) is 0 Å². The van der Waals surface area contributed by atoms with Crippen LogP contribution in [0.1, 0.15) is 53.5 Å². The lowest BCUT2D eigenvalue weighted by atomic mass is 10.1. The van der Waals surface area contributed by atoms with Crippen molar-refractivity contribution in [2.45, 2.75) is 45.4 Å². The van der Waals surface area contributed by atoms with Crippen LogP contribution < -0.4 is 5.32 Å². The van der Waals surface area contributed by atoms with E-state index in [4.69, 9.17) is 9.47 Å². The van der Waals surface area contributed by atoms with E-state index in [1.165, 1.54) is 19.2 Å². The van der Waals surface area contributed by atoms with Gasteiger partial charge in [-0.15, -0.1) is 0 Å². The number of benzene rings is 2. The molecule has 0 bridgehead atoms. The standard InChI is InChI=1S/C27H31N3O7/c1-27(2,3)37-25(34)21(16-30-23(32)19-12-8-9-13-20(19)24(30)33)29(4)22(31)14-15-28-26(35)36-17-18-10-6-5-7-11-18/h5-13,21H,14-17H2,1-4H3,(H,28,35). The summed E-state index contributed by atoms with van der Waals surface area (Å²) in [5, 5.41) is 2.50. The number of ether oxygens (including phenoxy) is 2. The normalized spacial score (nSPS) is 13.6. The third kappa shape index (κ3) is 7.16. The number of likely N-dealkylation sites (N-methyl/N-ethyl adjacent to an activating group) is 1. The van der Waals surface area contributed by atoms with E-state index in [1.807, 2.05) is 30.3 Å². The lowest BCUT2D eigenvalue weighted by Crippen LogP contribution is -2.52. The second kappa shape index (κ2) is 11.7. The molecule has 0 aliphatic carbocycles. The van der Waals surface area contributed by atoms with Crippen LogP contribution in [0, 0.1) is 0 Å². The molecule has 1 N–H and O–H groups in total. The van der Waals surface area contributed by atoms with Crippen molar-refractivity contribution in [3.63, 3.8) is 0 Å². The molecule has 196 valence electrons. The molecule has 1 unspecified atom stereocenters. The fourth-order valence-electron chi connectivity index (χ4n) is 3.70. The van der Waals surface area contributed by atoms with Crippen LogP contribution in [0.2, 0.25) is 0 Å². The molecular formula is C27H31N3O7. The number of alkyl carbamates (subject to hydrolysis) is 1. The lowest BCUT2D eigenvalue weighted by molar-refractivity contribution is -0.164. The molecule has 10 nitrogen and oxygen atoms in total. The van der Waals surface area contributed by atoms with Crippen molar-refractivity contribution in [3.05, 3.63) is 71.3 Å². The summed E-state index contributed by atoms with van der Waals surface area (Å²) < 4.78 is 10.6. The van der Waals surface area contributed by atoms with Crippen molar-refractivity contribution in [2.75, 3.05) is 20.1 Å². The van der Waals surface area contributed by atoms with Gasteiger partial charge in [-0.05, 0) is 38.5 Å². The monoisotopic (exact) mass is 509 g/mol. The summed E-state index contributed by atoms with van der Waals surface area (Å²) in [6.07, 6.45) is -0.827. The number of amides is 4. The minimum atomic E-state index is -1.24. The highest BCUT2D eigenvalue weighted by Crippen LogP contribution is 2.24. The van der Waals surface area contributed by atoms with Crippen LogP contribution in [0.15, 0.2) is 54.6 Å². The van der Waals surface area contributed by atoms with Gasteiger partial charge in [0, 0.05) is 20.0 Å². The Bertz CT molecular complexity index is 1140. The van der Waals surface area contributed by atoms with E-state index in [1.54, 1.807) is 32.9 Å². The second-order valence-corrected chi connectivity index (χ2v) is 9.56. The molecule has 0 fully saturated rings. The summed E-state index contributed by atoms with van der Waals surface area (Å²) in [5.41, 5.74) is 0.442. The first-order valence-electron chi connectivity index (χ1n) is 11.9. The molecule has 2 aromatic carbocycles. The van der Waals surface area contributed by atoms with Crippen LogP contribution in [0.3, 0.4) is 0 Å².